The van der Waals surface area contributed by atoms with E-state index in [1.165, 1.54) is 0 Å². The highest BCUT2D eigenvalue weighted by atomic mass is 32.2. The first-order valence-corrected chi connectivity index (χ1v) is 7.55. The van der Waals surface area contributed by atoms with E-state index in [9.17, 15) is 4.79 Å². The predicted molar refractivity (Wildman–Crippen MR) is 80.4 cm³/mol. The van der Waals surface area contributed by atoms with Gasteiger partial charge in [-0.15, -0.1) is 0 Å². The Kier molecular flexibility index (Phi) is 6.22. The lowest BCUT2D eigenvalue weighted by Crippen LogP contribution is -2.39. The summed E-state index contributed by atoms with van der Waals surface area (Å²) in [4.78, 5) is 12.0. The van der Waals surface area contributed by atoms with E-state index in [0.717, 1.165) is 29.1 Å². The molecule has 4 heteroatoms. The van der Waals surface area contributed by atoms with Crippen LogP contribution in [0.5, 0.6) is 0 Å². The number of nitrogens with one attached hydrogen (secondary N) is 2. The van der Waals surface area contributed by atoms with Crippen molar-refractivity contribution in [3.63, 3.8) is 0 Å². The minimum atomic E-state index is -0.170. The number of aryl methyl sites for hydroxylation is 2. The molecule has 0 spiro atoms. The lowest BCUT2D eigenvalue weighted by atomic mass is 10.1. The van der Waals surface area contributed by atoms with E-state index in [-0.39, 0.29) is 11.9 Å². The number of rotatable bonds is 6. The van der Waals surface area contributed by atoms with Crippen LogP contribution in [0.2, 0.25) is 0 Å². The van der Waals surface area contributed by atoms with Gasteiger partial charge in [-0.3, -0.25) is 4.79 Å². The van der Waals surface area contributed by atoms with Gasteiger partial charge in [-0.2, -0.15) is 11.8 Å². The van der Waals surface area contributed by atoms with Crippen LogP contribution in [0.25, 0.3) is 0 Å². The highest BCUT2D eigenvalue weighted by molar-refractivity contribution is 7.98. The fraction of sp³-hybridized carbons (Fsp3) is 0.500. The Bertz CT molecular complexity index is 387. The van der Waals surface area contributed by atoms with Crippen LogP contribution in [-0.2, 0) is 4.79 Å². The Morgan fingerprint density at radius 2 is 1.94 bits per heavy atom. The molecule has 0 aliphatic carbocycles. The summed E-state index contributed by atoms with van der Waals surface area (Å²) in [5.41, 5.74) is 3.13. The van der Waals surface area contributed by atoms with E-state index in [4.69, 9.17) is 0 Å². The third-order valence-electron chi connectivity index (χ3n) is 2.88. The van der Waals surface area contributed by atoms with Crippen LogP contribution in [0.15, 0.2) is 18.2 Å². The number of amides is 1. The van der Waals surface area contributed by atoms with Crippen molar-refractivity contribution < 1.29 is 4.79 Å². The maximum Gasteiger partial charge on any atom is 0.241 e. The van der Waals surface area contributed by atoms with Crippen molar-refractivity contribution in [2.45, 2.75) is 26.8 Å². The van der Waals surface area contributed by atoms with Gasteiger partial charge in [-0.25, -0.2) is 0 Å². The molecule has 18 heavy (non-hydrogen) atoms. The van der Waals surface area contributed by atoms with E-state index in [0.29, 0.717) is 0 Å². The topological polar surface area (TPSA) is 41.1 Å². The maximum absolute atomic E-state index is 12.0. The summed E-state index contributed by atoms with van der Waals surface area (Å²) in [6.45, 7) is 6.76. The second-order valence-corrected chi connectivity index (χ2v) is 5.41. The molecule has 1 aromatic carbocycles. The molecule has 0 aromatic heterocycles. The molecule has 1 unspecified atom stereocenters. The van der Waals surface area contributed by atoms with E-state index >= 15 is 0 Å². The molecular formula is C14H22N2OS. The Morgan fingerprint density at radius 3 is 2.50 bits per heavy atom. The van der Waals surface area contributed by atoms with E-state index in [1.807, 2.05) is 39.0 Å². The van der Waals surface area contributed by atoms with Crippen LogP contribution in [0, 0.1) is 13.8 Å². The minimum Gasteiger partial charge on any atom is -0.324 e. The quantitative estimate of drug-likeness (QED) is 0.778. The summed E-state index contributed by atoms with van der Waals surface area (Å²) in [6, 6.07) is 5.85. The number of thioether (sulfide) groups is 1. The molecule has 1 amide bonds. The first-order chi connectivity index (χ1) is 8.56. The lowest BCUT2D eigenvalue weighted by Gasteiger charge is -2.16. The second kappa shape index (κ2) is 7.44. The minimum absolute atomic E-state index is 0.0218. The third-order valence-corrected chi connectivity index (χ3v) is 3.49. The molecule has 1 aromatic rings. The van der Waals surface area contributed by atoms with Crippen molar-refractivity contribution in [2.24, 2.45) is 0 Å². The van der Waals surface area contributed by atoms with Gasteiger partial charge in [0.15, 0.2) is 0 Å². The van der Waals surface area contributed by atoms with Gasteiger partial charge in [0.05, 0.1) is 6.04 Å². The van der Waals surface area contributed by atoms with Crippen molar-refractivity contribution in [1.82, 2.24) is 5.32 Å². The fourth-order valence-corrected chi connectivity index (χ4v) is 2.04. The molecule has 0 saturated carbocycles. The normalized spacial score (nSPS) is 12.2. The van der Waals surface area contributed by atoms with Gasteiger partial charge in [-0.05, 0) is 38.2 Å². The van der Waals surface area contributed by atoms with Gasteiger partial charge in [-0.1, -0.05) is 18.2 Å². The first-order valence-electron chi connectivity index (χ1n) is 6.15. The fourth-order valence-electron chi connectivity index (χ4n) is 1.71. The Labute approximate surface area is 114 Å². The van der Waals surface area contributed by atoms with Gasteiger partial charge >= 0.3 is 0 Å². The molecule has 0 aliphatic rings. The number of benzene rings is 1. The number of para-hydroxylation sites is 1. The van der Waals surface area contributed by atoms with E-state index in [1.54, 1.807) is 11.8 Å². The van der Waals surface area contributed by atoms with Crippen LogP contribution >= 0.6 is 11.8 Å². The number of anilines is 1. The molecule has 2 N–H and O–H groups in total. The van der Waals surface area contributed by atoms with Crippen LogP contribution in [0.1, 0.15) is 18.1 Å². The molecule has 0 aliphatic heterocycles. The molecule has 1 atom stereocenters. The van der Waals surface area contributed by atoms with Gasteiger partial charge in [0.2, 0.25) is 5.91 Å². The molecule has 0 radical (unpaired) electrons. The maximum atomic E-state index is 12.0. The molecule has 0 bridgehead atoms. The molecule has 3 nitrogen and oxygen atoms in total. The summed E-state index contributed by atoms with van der Waals surface area (Å²) in [6.07, 6.45) is 2.06. The molecule has 0 heterocycles. The Morgan fingerprint density at radius 1 is 1.33 bits per heavy atom. The Hall–Kier alpha value is -1.00. The number of carbonyl (C=O) groups is 1. The van der Waals surface area contributed by atoms with Gasteiger partial charge in [0.25, 0.3) is 0 Å². The first kappa shape index (κ1) is 15.1. The lowest BCUT2D eigenvalue weighted by molar-refractivity contribution is -0.117. The average molecular weight is 266 g/mol. The zero-order valence-corrected chi connectivity index (χ0v) is 12.4. The van der Waals surface area contributed by atoms with Crippen molar-refractivity contribution in [2.75, 3.05) is 23.9 Å². The molecule has 100 valence electrons. The van der Waals surface area contributed by atoms with Crippen molar-refractivity contribution >= 4 is 23.4 Å². The van der Waals surface area contributed by atoms with Gasteiger partial charge in [0.1, 0.15) is 0 Å². The highest BCUT2D eigenvalue weighted by Gasteiger charge is 2.13. The molecule has 1 rings (SSSR count). The number of hydrogen-bond acceptors (Lipinski definition) is 3. The Balaban J connectivity index is 2.58. The zero-order valence-electron chi connectivity index (χ0n) is 11.5. The largest absolute Gasteiger partial charge is 0.324 e. The van der Waals surface area contributed by atoms with Gasteiger partial charge in [0, 0.05) is 18.0 Å². The molecule has 0 saturated heterocycles. The molecule has 0 fully saturated rings. The monoisotopic (exact) mass is 266 g/mol. The van der Waals surface area contributed by atoms with Crippen molar-refractivity contribution in [1.29, 1.82) is 0 Å². The smallest absolute Gasteiger partial charge is 0.241 e. The van der Waals surface area contributed by atoms with Crippen molar-refractivity contribution in [3.8, 4) is 0 Å². The van der Waals surface area contributed by atoms with Crippen LogP contribution in [-0.4, -0.2) is 30.5 Å². The molecular weight excluding hydrogens is 244 g/mol. The summed E-state index contributed by atoms with van der Waals surface area (Å²) < 4.78 is 0. The van der Waals surface area contributed by atoms with Crippen molar-refractivity contribution in [3.05, 3.63) is 29.3 Å². The van der Waals surface area contributed by atoms with Crippen LogP contribution in [0.3, 0.4) is 0 Å². The van der Waals surface area contributed by atoms with E-state index < -0.39 is 0 Å². The van der Waals surface area contributed by atoms with E-state index in [2.05, 4.69) is 16.9 Å². The zero-order chi connectivity index (χ0) is 13.5. The summed E-state index contributed by atoms with van der Waals surface area (Å²) in [7, 11) is 0. The summed E-state index contributed by atoms with van der Waals surface area (Å²) in [5, 5.41) is 6.21. The second-order valence-electron chi connectivity index (χ2n) is 4.42. The SMILES string of the molecule is CSCCNC(C)C(=O)Nc1c(C)cccc1C. The van der Waals surface area contributed by atoms with Crippen LogP contribution < -0.4 is 10.6 Å². The highest BCUT2D eigenvalue weighted by Crippen LogP contribution is 2.19. The summed E-state index contributed by atoms with van der Waals surface area (Å²) in [5.74, 6) is 1.04. The average Bonchev–Trinajstić information content (AvgIpc) is 2.34. The van der Waals surface area contributed by atoms with Gasteiger partial charge < -0.3 is 10.6 Å². The summed E-state index contributed by atoms with van der Waals surface area (Å²) >= 11 is 1.77. The standard InChI is InChI=1S/C14H22N2OS/c1-10-6-5-7-11(2)13(10)16-14(17)12(3)15-8-9-18-4/h5-7,12,15H,8-9H2,1-4H3,(H,16,17). The number of carbonyl (C=O) groups excluding carboxylic acids is 1. The number of hydrogen-bond donors (Lipinski definition) is 2. The third kappa shape index (κ3) is 4.35. The predicted octanol–water partition coefficient (Wildman–Crippen LogP) is 2.58. The van der Waals surface area contributed by atoms with Crippen LogP contribution in [0.4, 0.5) is 5.69 Å².